The number of benzene rings is 2. The van der Waals surface area contributed by atoms with E-state index in [1.165, 1.54) is 11.8 Å². The zero-order valence-corrected chi connectivity index (χ0v) is 14.3. The van der Waals surface area contributed by atoms with Gasteiger partial charge in [0.25, 0.3) is 0 Å². The molecule has 0 aromatic heterocycles. The van der Waals surface area contributed by atoms with Crippen molar-refractivity contribution in [2.24, 2.45) is 0 Å². The Morgan fingerprint density at radius 1 is 1.12 bits per heavy atom. The second-order valence-electron chi connectivity index (χ2n) is 5.48. The molecule has 0 bridgehead atoms. The number of halogens is 1. The van der Waals surface area contributed by atoms with Crippen molar-refractivity contribution in [3.05, 3.63) is 66.0 Å². The summed E-state index contributed by atoms with van der Waals surface area (Å²) in [6.07, 6.45) is 0. The Kier molecular flexibility index (Phi) is 5.69. The topological polar surface area (TPSA) is 66.5 Å². The van der Waals surface area contributed by atoms with Crippen LogP contribution in [0.1, 0.15) is 12.5 Å². The van der Waals surface area contributed by atoms with E-state index >= 15 is 0 Å². The normalized spacial score (nSPS) is 12.6. The maximum Gasteiger partial charge on any atom is 0.241 e. The van der Waals surface area contributed by atoms with E-state index in [-0.39, 0.29) is 10.8 Å². The maximum absolute atomic E-state index is 12.9. The van der Waals surface area contributed by atoms with Gasteiger partial charge in [-0.2, -0.15) is 4.72 Å². The predicted octanol–water partition coefficient (Wildman–Crippen LogP) is 2.15. The van der Waals surface area contributed by atoms with Crippen molar-refractivity contribution in [1.82, 2.24) is 9.62 Å². The predicted molar refractivity (Wildman–Crippen MR) is 89.1 cm³/mol. The minimum Gasteiger partial charge on any atom is -0.340 e. The molecule has 2 aromatic carbocycles. The van der Waals surface area contributed by atoms with Crippen LogP contribution in [-0.2, 0) is 21.4 Å². The molecule has 128 valence electrons. The molecule has 1 N–H and O–H groups in total. The summed E-state index contributed by atoms with van der Waals surface area (Å²) in [5.41, 5.74) is 0.946. The highest BCUT2D eigenvalue weighted by molar-refractivity contribution is 7.89. The molecule has 2 rings (SSSR count). The minimum absolute atomic E-state index is 0.0886. The fourth-order valence-corrected chi connectivity index (χ4v) is 3.43. The maximum atomic E-state index is 12.9. The van der Waals surface area contributed by atoms with Crippen LogP contribution < -0.4 is 4.72 Å². The number of rotatable bonds is 6. The zero-order chi connectivity index (χ0) is 17.7. The van der Waals surface area contributed by atoms with Gasteiger partial charge >= 0.3 is 0 Å². The van der Waals surface area contributed by atoms with E-state index in [4.69, 9.17) is 0 Å². The SMILES string of the molecule is C[C@H](NS(=O)(=O)c1ccc(F)cc1)C(=O)N(C)Cc1ccccc1. The van der Waals surface area contributed by atoms with Crippen molar-refractivity contribution >= 4 is 15.9 Å². The van der Waals surface area contributed by atoms with Crippen molar-refractivity contribution in [2.75, 3.05) is 7.05 Å². The third kappa shape index (κ3) is 4.62. The molecule has 7 heteroatoms. The summed E-state index contributed by atoms with van der Waals surface area (Å²) in [5, 5.41) is 0. The van der Waals surface area contributed by atoms with E-state index in [9.17, 15) is 17.6 Å². The van der Waals surface area contributed by atoms with E-state index in [0.29, 0.717) is 6.54 Å². The van der Waals surface area contributed by atoms with E-state index < -0.39 is 21.9 Å². The van der Waals surface area contributed by atoms with Gasteiger partial charge in [-0.1, -0.05) is 30.3 Å². The lowest BCUT2D eigenvalue weighted by molar-refractivity contribution is -0.131. The number of nitrogens with zero attached hydrogens (tertiary/aromatic N) is 1. The van der Waals surface area contributed by atoms with Gasteiger partial charge in [-0.05, 0) is 36.8 Å². The number of hydrogen-bond acceptors (Lipinski definition) is 3. The van der Waals surface area contributed by atoms with E-state index in [0.717, 1.165) is 29.8 Å². The summed E-state index contributed by atoms with van der Waals surface area (Å²) in [7, 11) is -2.28. The molecule has 0 aliphatic rings. The van der Waals surface area contributed by atoms with Gasteiger partial charge in [0.2, 0.25) is 15.9 Å². The Balaban J connectivity index is 2.03. The molecule has 1 atom stereocenters. The van der Waals surface area contributed by atoms with E-state index in [2.05, 4.69) is 4.72 Å². The van der Waals surface area contributed by atoms with Gasteiger partial charge in [-0.15, -0.1) is 0 Å². The van der Waals surface area contributed by atoms with Crippen LogP contribution in [0.2, 0.25) is 0 Å². The fraction of sp³-hybridized carbons (Fsp3) is 0.235. The monoisotopic (exact) mass is 350 g/mol. The quantitative estimate of drug-likeness (QED) is 0.868. The van der Waals surface area contributed by atoms with Crippen molar-refractivity contribution in [2.45, 2.75) is 24.4 Å². The number of nitrogens with one attached hydrogen (secondary N) is 1. The van der Waals surface area contributed by atoms with Crippen LogP contribution in [0.4, 0.5) is 4.39 Å². The third-order valence-corrected chi connectivity index (χ3v) is 5.02. The Morgan fingerprint density at radius 2 is 1.71 bits per heavy atom. The van der Waals surface area contributed by atoms with Gasteiger partial charge in [-0.3, -0.25) is 4.79 Å². The summed E-state index contributed by atoms with van der Waals surface area (Å²) >= 11 is 0. The highest BCUT2D eigenvalue weighted by Crippen LogP contribution is 2.11. The summed E-state index contributed by atoms with van der Waals surface area (Å²) in [4.78, 5) is 13.7. The standard InChI is InChI=1S/C17H19FN2O3S/c1-13(17(21)20(2)12-14-6-4-3-5-7-14)19-24(22,23)16-10-8-15(18)9-11-16/h3-11,13,19H,12H2,1-2H3/t13-/m0/s1. The van der Waals surface area contributed by atoms with Crippen molar-refractivity contribution in [3.63, 3.8) is 0 Å². The number of hydrogen-bond donors (Lipinski definition) is 1. The van der Waals surface area contributed by atoms with Gasteiger partial charge < -0.3 is 4.90 Å². The molecule has 1 amide bonds. The molecule has 0 heterocycles. The smallest absolute Gasteiger partial charge is 0.241 e. The molecular formula is C17H19FN2O3S. The first kappa shape index (κ1) is 18.1. The lowest BCUT2D eigenvalue weighted by atomic mass is 10.2. The van der Waals surface area contributed by atoms with Gasteiger partial charge in [0.05, 0.1) is 10.9 Å². The second kappa shape index (κ2) is 7.55. The Labute approximate surface area is 141 Å². The van der Waals surface area contributed by atoms with Crippen LogP contribution in [0.3, 0.4) is 0 Å². The largest absolute Gasteiger partial charge is 0.340 e. The number of sulfonamides is 1. The number of carbonyl (C=O) groups is 1. The summed E-state index contributed by atoms with van der Waals surface area (Å²) in [6.45, 7) is 1.85. The average molecular weight is 350 g/mol. The van der Waals surface area contributed by atoms with Gasteiger partial charge in [-0.25, -0.2) is 12.8 Å². The van der Waals surface area contributed by atoms with Crippen molar-refractivity contribution in [1.29, 1.82) is 0 Å². The van der Waals surface area contributed by atoms with Crippen LogP contribution in [0.25, 0.3) is 0 Å². The molecule has 0 spiro atoms. The molecule has 0 aliphatic carbocycles. The Morgan fingerprint density at radius 3 is 2.29 bits per heavy atom. The molecule has 5 nitrogen and oxygen atoms in total. The molecule has 24 heavy (non-hydrogen) atoms. The lowest BCUT2D eigenvalue weighted by Gasteiger charge is -2.22. The minimum atomic E-state index is -3.89. The summed E-state index contributed by atoms with van der Waals surface area (Å²) < 4.78 is 39.7. The lowest BCUT2D eigenvalue weighted by Crippen LogP contribution is -2.45. The first-order valence-electron chi connectivity index (χ1n) is 7.36. The average Bonchev–Trinajstić information content (AvgIpc) is 2.55. The highest BCUT2D eigenvalue weighted by atomic mass is 32.2. The molecule has 0 unspecified atom stereocenters. The van der Waals surface area contributed by atoms with Crippen LogP contribution in [-0.4, -0.2) is 32.3 Å². The Hall–Kier alpha value is -2.25. The number of carbonyl (C=O) groups excluding carboxylic acids is 1. The highest BCUT2D eigenvalue weighted by Gasteiger charge is 2.24. The second-order valence-corrected chi connectivity index (χ2v) is 7.19. The molecule has 2 aromatic rings. The fourth-order valence-electron chi connectivity index (χ4n) is 2.23. The van der Waals surface area contributed by atoms with E-state index in [1.54, 1.807) is 7.05 Å². The zero-order valence-electron chi connectivity index (χ0n) is 13.4. The first-order chi connectivity index (χ1) is 11.3. The molecule has 0 aliphatic heterocycles. The van der Waals surface area contributed by atoms with Crippen LogP contribution in [0.5, 0.6) is 0 Å². The van der Waals surface area contributed by atoms with Crippen LogP contribution >= 0.6 is 0 Å². The Bertz CT molecular complexity index is 792. The van der Waals surface area contributed by atoms with E-state index in [1.807, 2.05) is 30.3 Å². The molecule has 0 radical (unpaired) electrons. The first-order valence-corrected chi connectivity index (χ1v) is 8.85. The number of likely N-dealkylation sites (N-methyl/N-ethyl adjacent to an activating group) is 1. The molecule has 0 fully saturated rings. The molecular weight excluding hydrogens is 331 g/mol. The number of amides is 1. The van der Waals surface area contributed by atoms with Crippen molar-refractivity contribution < 1.29 is 17.6 Å². The third-order valence-electron chi connectivity index (χ3n) is 3.47. The van der Waals surface area contributed by atoms with Gasteiger partial charge in [0.1, 0.15) is 5.82 Å². The van der Waals surface area contributed by atoms with Gasteiger partial charge in [0.15, 0.2) is 0 Å². The molecule has 0 saturated heterocycles. The summed E-state index contributed by atoms with van der Waals surface area (Å²) in [5.74, 6) is -0.884. The summed E-state index contributed by atoms with van der Waals surface area (Å²) in [6, 6.07) is 12.9. The van der Waals surface area contributed by atoms with Crippen LogP contribution in [0.15, 0.2) is 59.5 Å². The van der Waals surface area contributed by atoms with Gasteiger partial charge in [0, 0.05) is 13.6 Å². The molecule has 0 saturated carbocycles. The van der Waals surface area contributed by atoms with Crippen LogP contribution in [0, 0.1) is 5.82 Å². The van der Waals surface area contributed by atoms with Crippen molar-refractivity contribution in [3.8, 4) is 0 Å².